The highest BCUT2D eigenvalue weighted by Gasteiger charge is 2.22. The molecular formula is C12H19N3O5S. The van der Waals surface area contributed by atoms with E-state index < -0.39 is 15.9 Å². The van der Waals surface area contributed by atoms with Crippen LogP contribution in [0.5, 0.6) is 11.5 Å². The van der Waals surface area contributed by atoms with Gasteiger partial charge in [0.2, 0.25) is 15.9 Å². The lowest BCUT2D eigenvalue weighted by atomic mass is 10.3. The first-order valence-corrected chi connectivity index (χ1v) is 7.61. The van der Waals surface area contributed by atoms with E-state index >= 15 is 0 Å². The molecule has 0 aromatic heterocycles. The van der Waals surface area contributed by atoms with Gasteiger partial charge in [-0.15, -0.1) is 0 Å². The second kappa shape index (κ2) is 7.14. The van der Waals surface area contributed by atoms with Gasteiger partial charge in [-0.1, -0.05) is 0 Å². The molecule has 0 aliphatic carbocycles. The third-order valence-corrected chi connectivity index (χ3v) is 4.02. The number of amides is 1. The van der Waals surface area contributed by atoms with Crippen molar-refractivity contribution < 1.29 is 22.7 Å². The number of hydrogen-bond donors (Lipinski definition) is 3. The molecule has 0 fully saturated rings. The van der Waals surface area contributed by atoms with Crippen molar-refractivity contribution in [3.05, 3.63) is 12.1 Å². The number of nitrogen functional groups attached to an aromatic ring is 1. The van der Waals surface area contributed by atoms with Crippen molar-refractivity contribution in [1.82, 2.24) is 10.0 Å². The Balaban J connectivity index is 3.07. The summed E-state index contributed by atoms with van der Waals surface area (Å²) < 4.78 is 36.6. The maximum absolute atomic E-state index is 12.2. The Kier molecular flexibility index (Phi) is 5.79. The number of likely N-dealkylation sites (N-methyl/N-ethyl adjacent to an activating group) is 1. The molecule has 0 aliphatic rings. The number of rotatable bonds is 7. The summed E-state index contributed by atoms with van der Waals surface area (Å²) in [6, 6.07) is 2.59. The number of nitrogens with one attached hydrogen (secondary N) is 2. The van der Waals surface area contributed by atoms with Gasteiger partial charge in [-0.2, -0.15) is 0 Å². The number of methoxy groups -OCH3 is 2. The minimum absolute atomic E-state index is 0.0736. The van der Waals surface area contributed by atoms with Crippen LogP contribution >= 0.6 is 0 Å². The fraction of sp³-hybridized carbons (Fsp3) is 0.417. The fourth-order valence-electron chi connectivity index (χ4n) is 1.60. The van der Waals surface area contributed by atoms with Crippen molar-refractivity contribution in [2.24, 2.45) is 0 Å². The van der Waals surface area contributed by atoms with Crippen LogP contribution in [-0.4, -0.2) is 41.6 Å². The molecule has 21 heavy (non-hydrogen) atoms. The zero-order valence-corrected chi connectivity index (χ0v) is 12.9. The van der Waals surface area contributed by atoms with E-state index in [4.69, 9.17) is 15.2 Å². The first kappa shape index (κ1) is 17.1. The molecule has 0 heterocycles. The molecule has 0 saturated carbocycles. The Morgan fingerprint density at radius 2 is 1.86 bits per heavy atom. The zero-order chi connectivity index (χ0) is 16.0. The predicted octanol–water partition coefficient (Wildman–Crippen LogP) is -0.300. The van der Waals surface area contributed by atoms with Crippen LogP contribution in [0.3, 0.4) is 0 Å². The van der Waals surface area contributed by atoms with E-state index in [0.29, 0.717) is 12.3 Å². The van der Waals surface area contributed by atoms with Gasteiger partial charge in [0.25, 0.3) is 0 Å². The normalized spacial score (nSPS) is 11.0. The molecule has 0 atom stereocenters. The highest BCUT2D eigenvalue weighted by atomic mass is 32.2. The van der Waals surface area contributed by atoms with Crippen LogP contribution < -0.4 is 25.2 Å². The van der Waals surface area contributed by atoms with E-state index in [2.05, 4.69) is 10.0 Å². The second-order valence-electron chi connectivity index (χ2n) is 4.02. The Labute approximate surface area is 123 Å². The van der Waals surface area contributed by atoms with E-state index in [0.717, 1.165) is 0 Å². The molecule has 0 bridgehead atoms. The second-order valence-corrected chi connectivity index (χ2v) is 5.76. The van der Waals surface area contributed by atoms with Gasteiger partial charge in [-0.25, -0.2) is 13.1 Å². The van der Waals surface area contributed by atoms with Gasteiger partial charge in [0, 0.05) is 12.6 Å². The number of nitrogens with two attached hydrogens (primary N) is 1. The minimum Gasteiger partial charge on any atom is -0.495 e. The molecular weight excluding hydrogens is 298 g/mol. The molecule has 1 aromatic rings. The topological polar surface area (TPSA) is 120 Å². The van der Waals surface area contributed by atoms with Gasteiger partial charge >= 0.3 is 0 Å². The summed E-state index contributed by atoms with van der Waals surface area (Å²) >= 11 is 0. The molecule has 0 aliphatic heterocycles. The molecule has 8 nitrogen and oxygen atoms in total. The number of benzene rings is 1. The first-order valence-electron chi connectivity index (χ1n) is 6.13. The molecule has 1 aromatic carbocycles. The largest absolute Gasteiger partial charge is 0.495 e. The SMILES string of the molecule is CCNC(=O)CNS(=O)(=O)c1cc(N)c(OC)cc1OC. The molecule has 0 radical (unpaired) electrons. The lowest BCUT2D eigenvalue weighted by molar-refractivity contribution is -0.119. The summed E-state index contributed by atoms with van der Waals surface area (Å²) in [4.78, 5) is 11.2. The minimum atomic E-state index is -3.94. The molecule has 9 heteroatoms. The number of anilines is 1. The van der Waals surface area contributed by atoms with E-state index in [1.165, 1.54) is 26.4 Å². The predicted molar refractivity (Wildman–Crippen MR) is 77.8 cm³/mol. The van der Waals surface area contributed by atoms with Gasteiger partial charge in [-0.3, -0.25) is 4.79 Å². The van der Waals surface area contributed by atoms with Gasteiger partial charge in [0.1, 0.15) is 16.4 Å². The Morgan fingerprint density at radius 3 is 2.38 bits per heavy atom. The van der Waals surface area contributed by atoms with Crippen LogP contribution in [0.25, 0.3) is 0 Å². The smallest absolute Gasteiger partial charge is 0.244 e. The molecule has 118 valence electrons. The number of sulfonamides is 1. The van der Waals surface area contributed by atoms with E-state index in [-0.39, 0.29) is 22.9 Å². The lowest BCUT2D eigenvalue weighted by Crippen LogP contribution is -2.36. The van der Waals surface area contributed by atoms with Crippen molar-refractivity contribution >= 4 is 21.6 Å². The third-order valence-electron chi connectivity index (χ3n) is 2.60. The van der Waals surface area contributed by atoms with E-state index in [1.807, 2.05) is 0 Å². The van der Waals surface area contributed by atoms with E-state index in [1.54, 1.807) is 6.92 Å². The Morgan fingerprint density at radius 1 is 1.24 bits per heavy atom. The van der Waals surface area contributed by atoms with Crippen molar-refractivity contribution in [3.63, 3.8) is 0 Å². The van der Waals surface area contributed by atoms with Gasteiger partial charge in [0.15, 0.2) is 0 Å². The summed E-state index contributed by atoms with van der Waals surface area (Å²) in [7, 11) is -1.20. The maximum Gasteiger partial charge on any atom is 0.244 e. The van der Waals surface area contributed by atoms with Crippen LogP contribution in [0, 0.1) is 0 Å². The molecule has 4 N–H and O–H groups in total. The molecule has 1 amide bonds. The number of ether oxygens (including phenoxy) is 2. The van der Waals surface area contributed by atoms with Crippen LogP contribution in [-0.2, 0) is 14.8 Å². The highest BCUT2D eigenvalue weighted by Crippen LogP contribution is 2.33. The van der Waals surface area contributed by atoms with Crippen LogP contribution in [0.4, 0.5) is 5.69 Å². The quantitative estimate of drug-likeness (QED) is 0.594. The number of carbonyl (C=O) groups is 1. The summed E-state index contributed by atoms with van der Waals surface area (Å²) in [6.45, 7) is 1.78. The number of hydrogen-bond acceptors (Lipinski definition) is 6. The Hall–Kier alpha value is -2.00. The van der Waals surface area contributed by atoms with E-state index in [9.17, 15) is 13.2 Å². The van der Waals surface area contributed by atoms with Crippen molar-refractivity contribution in [3.8, 4) is 11.5 Å². The Bertz CT molecular complexity index is 616. The average Bonchev–Trinajstić information content (AvgIpc) is 2.45. The summed E-state index contributed by atoms with van der Waals surface area (Å²) in [5.41, 5.74) is 5.85. The maximum atomic E-state index is 12.2. The number of carbonyl (C=O) groups excluding carboxylic acids is 1. The summed E-state index contributed by atoms with van der Waals surface area (Å²) in [5.74, 6) is -0.0551. The lowest BCUT2D eigenvalue weighted by Gasteiger charge is -2.13. The molecule has 1 rings (SSSR count). The van der Waals surface area contributed by atoms with Crippen molar-refractivity contribution in [1.29, 1.82) is 0 Å². The van der Waals surface area contributed by atoms with Crippen LogP contribution in [0.15, 0.2) is 17.0 Å². The molecule has 0 spiro atoms. The summed E-state index contributed by atoms with van der Waals surface area (Å²) in [6.07, 6.45) is 0. The highest BCUT2D eigenvalue weighted by molar-refractivity contribution is 7.89. The fourth-order valence-corrected chi connectivity index (χ4v) is 2.77. The first-order chi connectivity index (χ1) is 9.85. The van der Waals surface area contributed by atoms with Gasteiger partial charge < -0.3 is 20.5 Å². The van der Waals surface area contributed by atoms with Gasteiger partial charge in [0.05, 0.1) is 26.5 Å². The summed E-state index contributed by atoms with van der Waals surface area (Å²) in [5, 5.41) is 2.49. The molecule has 0 saturated heterocycles. The van der Waals surface area contributed by atoms with Crippen molar-refractivity contribution in [2.75, 3.05) is 33.0 Å². The van der Waals surface area contributed by atoms with Gasteiger partial charge in [-0.05, 0) is 13.0 Å². The standard InChI is InChI=1S/C12H19N3O5S/c1-4-14-12(16)7-15-21(17,18)11-5-8(13)9(19-2)6-10(11)20-3/h5-6,15H,4,7,13H2,1-3H3,(H,14,16). The average molecular weight is 317 g/mol. The monoisotopic (exact) mass is 317 g/mol. The third kappa shape index (κ3) is 4.23. The van der Waals surface area contributed by atoms with Crippen LogP contribution in [0.2, 0.25) is 0 Å². The van der Waals surface area contributed by atoms with Crippen LogP contribution in [0.1, 0.15) is 6.92 Å². The zero-order valence-electron chi connectivity index (χ0n) is 12.1. The van der Waals surface area contributed by atoms with Crippen molar-refractivity contribution in [2.45, 2.75) is 11.8 Å². The molecule has 0 unspecified atom stereocenters.